The number of hydrogen-bond donors (Lipinski definition) is 2. The molecule has 13 heteroatoms. The predicted molar refractivity (Wildman–Crippen MR) is 133 cm³/mol. The van der Waals surface area contributed by atoms with E-state index in [-0.39, 0.29) is 31.4 Å². The van der Waals surface area contributed by atoms with Crippen LogP contribution in [0.4, 0.5) is 33.7 Å². The van der Waals surface area contributed by atoms with Gasteiger partial charge in [-0.25, -0.2) is 18.6 Å². The molecule has 1 aliphatic rings. The van der Waals surface area contributed by atoms with E-state index in [2.05, 4.69) is 30.3 Å². The molecule has 2 aromatic heterocycles. The van der Waals surface area contributed by atoms with Crippen LogP contribution in [0.2, 0.25) is 0 Å². The van der Waals surface area contributed by atoms with Crippen LogP contribution in [0.1, 0.15) is 44.6 Å². The molecule has 8 nitrogen and oxygen atoms in total. The van der Waals surface area contributed by atoms with Gasteiger partial charge in [0.05, 0.1) is 11.3 Å². The molecule has 2 N–H and O–H groups in total. The summed E-state index contributed by atoms with van der Waals surface area (Å²) in [5, 5.41) is 6.20. The summed E-state index contributed by atoms with van der Waals surface area (Å²) in [7, 11) is 1.81. The molecule has 0 bridgehead atoms. The maximum Gasteiger partial charge on any atom is 0.490 e. The second-order valence-corrected chi connectivity index (χ2v) is 9.34. The first-order chi connectivity index (χ1) is 18.1. The lowest BCUT2D eigenvalue weighted by atomic mass is 9.92. The van der Waals surface area contributed by atoms with Crippen LogP contribution in [0.15, 0.2) is 24.5 Å². The van der Waals surface area contributed by atoms with E-state index in [0.29, 0.717) is 49.4 Å². The van der Waals surface area contributed by atoms with Crippen LogP contribution in [0.3, 0.4) is 0 Å². The van der Waals surface area contributed by atoms with Gasteiger partial charge in [-0.1, -0.05) is 13.0 Å². The number of halogens is 5. The molecule has 210 valence electrons. The maximum atomic E-state index is 13.7. The minimum atomic E-state index is -5.02. The van der Waals surface area contributed by atoms with Crippen molar-refractivity contribution in [2.24, 2.45) is 0 Å². The van der Waals surface area contributed by atoms with E-state index in [1.807, 2.05) is 18.0 Å². The standard InChI is InChI=1S/C25H33F5N6O2/c1-3-17(27)13-32-24-33-14-20(21-9-4-16(12-31-21)15-36(2)11-10-26)22(35-24)34-18-5-7-19(8-6-18)38-23(37)25(28,29)30/h4,9,12,14,17-19H,3,5-8,10-11,13,15H2,1-2H3,(H2,32,33,34,35)/t17-,18?,19?/m0/s1. The Hall–Kier alpha value is -3.09. The second-order valence-electron chi connectivity index (χ2n) is 9.34. The fraction of sp³-hybridized carbons (Fsp3) is 0.600. The van der Waals surface area contributed by atoms with Gasteiger partial charge in [-0.2, -0.15) is 18.2 Å². The van der Waals surface area contributed by atoms with Gasteiger partial charge in [0.25, 0.3) is 0 Å². The third-order valence-corrected chi connectivity index (χ3v) is 6.25. The normalized spacial score (nSPS) is 18.7. The molecule has 1 saturated carbocycles. The van der Waals surface area contributed by atoms with Crippen LogP contribution >= 0.6 is 0 Å². The summed E-state index contributed by atoms with van der Waals surface area (Å²) in [5.74, 6) is -1.50. The Labute approximate surface area is 218 Å². The highest BCUT2D eigenvalue weighted by molar-refractivity contribution is 5.76. The Balaban J connectivity index is 1.73. The number of carbonyl (C=O) groups excluding carboxylic acids is 1. The van der Waals surface area contributed by atoms with Crippen molar-refractivity contribution < 1.29 is 31.5 Å². The molecule has 0 amide bonds. The van der Waals surface area contributed by atoms with Gasteiger partial charge in [0, 0.05) is 38.1 Å². The van der Waals surface area contributed by atoms with Crippen LogP contribution < -0.4 is 10.6 Å². The van der Waals surface area contributed by atoms with E-state index < -0.39 is 31.1 Å². The van der Waals surface area contributed by atoms with Crippen molar-refractivity contribution >= 4 is 17.7 Å². The molecule has 0 radical (unpaired) electrons. The first-order valence-corrected chi connectivity index (χ1v) is 12.6. The lowest BCUT2D eigenvalue weighted by molar-refractivity contribution is -0.206. The van der Waals surface area contributed by atoms with Crippen molar-refractivity contribution in [2.75, 3.05) is 37.4 Å². The van der Waals surface area contributed by atoms with Crippen molar-refractivity contribution in [1.82, 2.24) is 19.9 Å². The summed E-state index contributed by atoms with van der Waals surface area (Å²) in [6, 6.07) is 3.54. The van der Waals surface area contributed by atoms with Gasteiger partial charge in [0.2, 0.25) is 5.95 Å². The average Bonchev–Trinajstić information content (AvgIpc) is 2.88. The van der Waals surface area contributed by atoms with E-state index in [9.17, 15) is 26.7 Å². The molecule has 0 saturated heterocycles. The lowest BCUT2D eigenvalue weighted by Crippen LogP contribution is -2.35. The summed E-state index contributed by atoms with van der Waals surface area (Å²) in [6.45, 7) is 2.18. The molecule has 0 aromatic carbocycles. The Bertz CT molecular complexity index is 1030. The van der Waals surface area contributed by atoms with Gasteiger partial charge in [-0.15, -0.1) is 0 Å². The summed E-state index contributed by atoms with van der Waals surface area (Å²) in [4.78, 5) is 26.3. The fourth-order valence-corrected chi connectivity index (χ4v) is 4.06. The van der Waals surface area contributed by atoms with E-state index in [0.717, 1.165) is 5.56 Å². The van der Waals surface area contributed by atoms with Crippen LogP contribution in [-0.4, -0.2) is 77.1 Å². The number of hydrogen-bond acceptors (Lipinski definition) is 8. The molecule has 3 rings (SSSR count). The number of nitrogens with zero attached hydrogens (tertiary/aromatic N) is 4. The first kappa shape index (κ1) is 29.5. The predicted octanol–water partition coefficient (Wildman–Crippen LogP) is 4.93. The first-order valence-electron chi connectivity index (χ1n) is 12.6. The summed E-state index contributed by atoms with van der Waals surface area (Å²) >= 11 is 0. The molecule has 1 atom stereocenters. The zero-order valence-corrected chi connectivity index (χ0v) is 21.4. The maximum absolute atomic E-state index is 13.7. The fourth-order valence-electron chi connectivity index (χ4n) is 4.06. The van der Waals surface area contributed by atoms with Crippen molar-refractivity contribution in [3.05, 3.63) is 30.1 Å². The molecule has 1 aliphatic carbocycles. The number of esters is 1. The largest absolute Gasteiger partial charge is 0.490 e. The molecular weight excluding hydrogens is 511 g/mol. The Kier molecular flexibility index (Phi) is 10.6. The summed E-state index contributed by atoms with van der Waals surface area (Å²) in [6.07, 6.45) is -1.83. The Morgan fingerprint density at radius 3 is 2.53 bits per heavy atom. The highest BCUT2D eigenvalue weighted by Crippen LogP contribution is 2.30. The van der Waals surface area contributed by atoms with Crippen LogP contribution in [0.25, 0.3) is 11.3 Å². The molecule has 1 fully saturated rings. The van der Waals surface area contributed by atoms with Crippen molar-refractivity contribution in [3.63, 3.8) is 0 Å². The Morgan fingerprint density at radius 2 is 1.92 bits per heavy atom. The highest BCUT2D eigenvalue weighted by atomic mass is 19.4. The smallest absolute Gasteiger partial charge is 0.456 e. The number of rotatable bonds is 12. The minimum Gasteiger partial charge on any atom is -0.456 e. The summed E-state index contributed by atoms with van der Waals surface area (Å²) < 4.78 is 68.4. The number of anilines is 2. The van der Waals surface area contributed by atoms with E-state index >= 15 is 0 Å². The van der Waals surface area contributed by atoms with Crippen molar-refractivity contribution in [3.8, 4) is 11.3 Å². The number of ether oxygens (including phenoxy) is 1. The molecule has 0 spiro atoms. The van der Waals surface area contributed by atoms with Gasteiger partial charge in [0.15, 0.2) is 0 Å². The molecule has 2 aromatic rings. The van der Waals surface area contributed by atoms with Gasteiger partial charge in [-0.3, -0.25) is 9.88 Å². The van der Waals surface area contributed by atoms with E-state index in [1.165, 1.54) is 0 Å². The monoisotopic (exact) mass is 544 g/mol. The number of alkyl halides is 5. The number of pyridine rings is 1. The van der Waals surface area contributed by atoms with Crippen molar-refractivity contribution in [1.29, 1.82) is 0 Å². The number of carbonyl (C=O) groups is 1. The molecule has 38 heavy (non-hydrogen) atoms. The topological polar surface area (TPSA) is 92.3 Å². The molecule has 0 unspecified atom stereocenters. The molecular formula is C25H33F5N6O2. The lowest BCUT2D eigenvalue weighted by Gasteiger charge is -2.30. The van der Waals surface area contributed by atoms with E-state index in [4.69, 9.17) is 0 Å². The van der Waals surface area contributed by atoms with Crippen LogP contribution in [0, 0.1) is 0 Å². The zero-order chi connectivity index (χ0) is 27.7. The zero-order valence-electron chi connectivity index (χ0n) is 21.4. The molecule has 0 aliphatic heterocycles. The van der Waals surface area contributed by atoms with Gasteiger partial charge in [-0.05, 0) is 50.8 Å². The SMILES string of the molecule is CC[C@H](F)CNc1ncc(-c2ccc(CN(C)CCF)cn2)c(NC2CCC(OC(=O)C(F)(F)F)CC2)n1. The number of aromatic nitrogens is 3. The quantitative estimate of drug-likeness (QED) is 0.287. The van der Waals surface area contributed by atoms with Crippen molar-refractivity contribution in [2.45, 2.75) is 70.1 Å². The third kappa shape index (κ3) is 8.74. The van der Waals surface area contributed by atoms with Gasteiger partial charge < -0.3 is 15.4 Å². The average molecular weight is 545 g/mol. The second kappa shape index (κ2) is 13.6. The summed E-state index contributed by atoms with van der Waals surface area (Å²) in [5.41, 5.74) is 2.08. The molecule has 2 heterocycles. The van der Waals surface area contributed by atoms with E-state index in [1.54, 1.807) is 25.4 Å². The third-order valence-electron chi connectivity index (χ3n) is 6.25. The Morgan fingerprint density at radius 1 is 1.18 bits per heavy atom. The minimum absolute atomic E-state index is 0.0459. The van der Waals surface area contributed by atoms with Gasteiger partial charge >= 0.3 is 12.1 Å². The highest BCUT2D eigenvalue weighted by Gasteiger charge is 2.42. The van der Waals surface area contributed by atoms with Crippen LogP contribution in [-0.2, 0) is 16.1 Å². The van der Waals surface area contributed by atoms with Gasteiger partial charge in [0.1, 0.15) is 24.8 Å². The number of nitrogens with one attached hydrogen (secondary N) is 2. The van der Waals surface area contributed by atoms with Crippen LogP contribution in [0.5, 0.6) is 0 Å².